The van der Waals surface area contributed by atoms with Crippen molar-refractivity contribution in [2.24, 2.45) is 0 Å². The van der Waals surface area contributed by atoms with Crippen LogP contribution in [0, 0.1) is 6.92 Å². The van der Waals surface area contributed by atoms with E-state index in [0.717, 1.165) is 30.9 Å². The average Bonchev–Trinajstić information content (AvgIpc) is 3.53. The molecule has 1 unspecified atom stereocenters. The maximum absolute atomic E-state index is 13.6. The Kier molecular flexibility index (Phi) is 7.40. The Balaban J connectivity index is 1.55. The van der Waals surface area contributed by atoms with Crippen molar-refractivity contribution in [1.82, 2.24) is 25.2 Å². The van der Waals surface area contributed by atoms with Crippen LogP contribution >= 0.6 is 8.86 Å². The van der Waals surface area contributed by atoms with Crippen molar-refractivity contribution in [3.63, 3.8) is 0 Å². The van der Waals surface area contributed by atoms with E-state index in [9.17, 15) is 13.2 Å². The van der Waals surface area contributed by atoms with E-state index >= 15 is 0 Å². The summed E-state index contributed by atoms with van der Waals surface area (Å²) >= 11 is 0. The summed E-state index contributed by atoms with van der Waals surface area (Å²) in [5.41, 5.74) is 9.81. The van der Waals surface area contributed by atoms with Crippen LogP contribution in [-0.2, 0) is 23.9 Å². The van der Waals surface area contributed by atoms with Gasteiger partial charge in [0.1, 0.15) is 0 Å². The molecule has 0 bridgehead atoms. The van der Waals surface area contributed by atoms with Gasteiger partial charge in [0.15, 0.2) is 11.5 Å². The van der Waals surface area contributed by atoms with Crippen LogP contribution < -0.4 is 21.3 Å². The van der Waals surface area contributed by atoms with Gasteiger partial charge in [0.25, 0.3) is 0 Å². The molecule has 0 spiro atoms. The second-order valence-corrected chi connectivity index (χ2v) is 10.0. The number of nitrogens with one attached hydrogen (secondary N) is 2. The fourth-order valence-electron chi connectivity index (χ4n) is 4.98. The Morgan fingerprint density at radius 1 is 1.30 bits per heavy atom. The van der Waals surface area contributed by atoms with Gasteiger partial charge in [-0.1, -0.05) is 12.1 Å². The summed E-state index contributed by atoms with van der Waals surface area (Å²) in [6, 6.07) is 6.29. The molecule has 3 aromatic rings. The first-order chi connectivity index (χ1) is 17.7. The van der Waals surface area contributed by atoms with Crippen molar-refractivity contribution in [3.8, 4) is 0 Å². The maximum Gasteiger partial charge on any atom is 0.416 e. The minimum absolute atomic E-state index is 0.198. The zero-order valence-corrected chi connectivity index (χ0v) is 21.7. The molecule has 0 amide bonds. The maximum atomic E-state index is 13.6. The molecule has 5 rings (SSSR count). The molecule has 0 radical (unpaired) electrons. The number of halogens is 3. The number of anilines is 2. The largest absolute Gasteiger partial charge is 0.416 e. The molecule has 37 heavy (non-hydrogen) atoms. The van der Waals surface area contributed by atoms with Crippen LogP contribution in [0.15, 0.2) is 24.3 Å². The van der Waals surface area contributed by atoms with Crippen LogP contribution in [0.5, 0.6) is 0 Å². The summed E-state index contributed by atoms with van der Waals surface area (Å²) < 4.78 is 48.0. The second kappa shape index (κ2) is 10.6. The normalized spacial score (nSPS) is 18.6. The highest BCUT2D eigenvalue weighted by atomic mass is 31.0. The Hall–Kier alpha value is -2.72. The number of morpholine rings is 1. The highest BCUT2D eigenvalue weighted by molar-refractivity contribution is 7.21. The predicted octanol–water partition coefficient (Wildman–Crippen LogP) is 3.18. The lowest BCUT2D eigenvalue weighted by atomic mass is 9.98. The minimum atomic E-state index is -4.43. The monoisotopic (exact) mass is 533 g/mol. The van der Waals surface area contributed by atoms with Crippen molar-refractivity contribution in [1.29, 1.82) is 0 Å². The lowest BCUT2D eigenvalue weighted by molar-refractivity contribution is -0.138. The topological polar surface area (TPSA) is 92.7 Å². The fraction of sp³-hybridized carbons (Fsp3) is 0.480. The lowest BCUT2D eigenvalue weighted by Gasteiger charge is -2.27. The minimum Gasteiger partial charge on any atom is -0.396 e. The molecule has 2 aliphatic rings. The van der Waals surface area contributed by atoms with Gasteiger partial charge in [-0.2, -0.15) is 13.2 Å². The Morgan fingerprint density at radius 2 is 2.08 bits per heavy atom. The molecular formula is C25H31F3N7OP. The van der Waals surface area contributed by atoms with Gasteiger partial charge >= 0.3 is 6.18 Å². The summed E-state index contributed by atoms with van der Waals surface area (Å²) in [7, 11) is 3.70. The highest BCUT2D eigenvalue weighted by Crippen LogP contribution is 2.34. The van der Waals surface area contributed by atoms with E-state index in [-0.39, 0.29) is 18.0 Å². The number of hydrogen-bond donors (Lipinski definition) is 3. The van der Waals surface area contributed by atoms with E-state index in [4.69, 9.17) is 20.6 Å². The molecule has 198 valence electrons. The van der Waals surface area contributed by atoms with Gasteiger partial charge in [-0.3, -0.25) is 5.32 Å². The van der Waals surface area contributed by atoms with Crippen LogP contribution in [0.3, 0.4) is 0 Å². The van der Waals surface area contributed by atoms with E-state index in [0.29, 0.717) is 67.0 Å². The molecular weight excluding hydrogens is 502 g/mol. The van der Waals surface area contributed by atoms with Gasteiger partial charge in [0.05, 0.1) is 35.9 Å². The molecule has 0 saturated carbocycles. The van der Waals surface area contributed by atoms with E-state index < -0.39 is 11.7 Å². The van der Waals surface area contributed by atoms with Crippen LogP contribution in [0.1, 0.15) is 40.9 Å². The first-order valence-electron chi connectivity index (χ1n) is 12.4. The summed E-state index contributed by atoms with van der Waals surface area (Å²) in [5.74, 6) is 0.690. The van der Waals surface area contributed by atoms with Gasteiger partial charge in [-0.25, -0.2) is 9.50 Å². The molecule has 2 aliphatic heterocycles. The number of nitrogens with zero attached hydrogens (tertiary/aromatic N) is 4. The average molecular weight is 534 g/mol. The summed E-state index contributed by atoms with van der Waals surface area (Å²) in [4.78, 5) is 6.88. The number of aromatic nitrogens is 3. The van der Waals surface area contributed by atoms with Crippen LogP contribution in [0.25, 0.3) is 5.65 Å². The predicted molar refractivity (Wildman–Crippen MR) is 141 cm³/mol. The van der Waals surface area contributed by atoms with Crippen molar-refractivity contribution in [3.05, 3.63) is 52.3 Å². The number of imidazole rings is 1. The number of rotatable bonds is 7. The quantitative estimate of drug-likeness (QED) is 0.402. The van der Waals surface area contributed by atoms with Crippen molar-refractivity contribution in [2.45, 2.75) is 44.9 Å². The summed E-state index contributed by atoms with van der Waals surface area (Å²) in [6.45, 7) is 5.38. The van der Waals surface area contributed by atoms with Gasteiger partial charge in [0, 0.05) is 43.6 Å². The highest BCUT2D eigenvalue weighted by Gasteiger charge is 2.33. The number of ether oxygens (including phenoxy) is 1. The molecule has 8 nitrogen and oxygen atoms in total. The number of benzene rings is 1. The van der Waals surface area contributed by atoms with E-state index in [1.165, 1.54) is 13.0 Å². The third-order valence-electron chi connectivity index (χ3n) is 7.07. The van der Waals surface area contributed by atoms with Gasteiger partial charge in [-0.15, -0.1) is 14.0 Å². The van der Waals surface area contributed by atoms with Gasteiger partial charge in [-0.05, 0) is 43.5 Å². The number of alkyl halides is 3. The third kappa shape index (κ3) is 5.45. The summed E-state index contributed by atoms with van der Waals surface area (Å²) in [6.07, 6.45) is -2.08. The molecule has 4 heterocycles. The Bertz CT molecular complexity index is 1300. The number of nitrogens with two attached hydrogens (primary N) is 1. The SMILES string of the molecule is Cc1c(Cc2c(CNC(=P)C3CCCN3)nc3c(N)cc(N4CCOCC4)nn23)cccc1C(F)(F)F. The first kappa shape index (κ1) is 25.9. The van der Waals surface area contributed by atoms with E-state index in [1.54, 1.807) is 16.6 Å². The fourth-order valence-corrected chi connectivity index (χ4v) is 5.32. The molecule has 2 aromatic heterocycles. The molecule has 12 heteroatoms. The summed E-state index contributed by atoms with van der Waals surface area (Å²) in [5, 5.41) is 11.7. The third-order valence-corrected chi connectivity index (χ3v) is 7.60. The van der Waals surface area contributed by atoms with Gasteiger partial charge < -0.3 is 20.7 Å². The smallest absolute Gasteiger partial charge is 0.396 e. The second-order valence-electron chi connectivity index (χ2n) is 9.48. The molecule has 1 atom stereocenters. The molecule has 2 saturated heterocycles. The number of nitrogen functional groups attached to an aromatic ring is 1. The Morgan fingerprint density at radius 3 is 2.78 bits per heavy atom. The van der Waals surface area contributed by atoms with Crippen LogP contribution in [-0.4, -0.2) is 58.9 Å². The molecule has 2 fully saturated rings. The number of hydrogen-bond acceptors (Lipinski definition) is 6. The van der Waals surface area contributed by atoms with E-state index in [2.05, 4.69) is 24.4 Å². The Labute approximate surface area is 215 Å². The van der Waals surface area contributed by atoms with Crippen LogP contribution in [0.4, 0.5) is 24.7 Å². The van der Waals surface area contributed by atoms with Crippen molar-refractivity contribution >= 4 is 31.4 Å². The molecule has 4 N–H and O–H groups in total. The molecule has 1 aromatic carbocycles. The number of fused-ring (bicyclic) bond motifs is 1. The van der Waals surface area contributed by atoms with Crippen LogP contribution in [0.2, 0.25) is 0 Å². The first-order valence-corrected chi connectivity index (χ1v) is 12.9. The standard InChI is InChI=1S/C25H31F3N7OP/c1-15-16(4-2-5-17(15)25(26,27)28)12-21-20(14-31-24(37)19-6-3-7-30-19)32-23-18(29)13-22(33-35(21)23)34-8-10-36-11-9-34/h2,4-5,13,19,30-31,37H,3,6-12,14,29H2,1H3. The lowest BCUT2D eigenvalue weighted by Crippen LogP contribution is -2.38. The zero-order valence-electron chi connectivity index (χ0n) is 20.7. The molecule has 0 aliphatic carbocycles. The zero-order chi connectivity index (χ0) is 26.2. The van der Waals surface area contributed by atoms with Crippen molar-refractivity contribution in [2.75, 3.05) is 43.5 Å². The van der Waals surface area contributed by atoms with Crippen molar-refractivity contribution < 1.29 is 17.9 Å². The van der Waals surface area contributed by atoms with E-state index in [1.807, 2.05) is 0 Å². The van der Waals surface area contributed by atoms with Gasteiger partial charge in [0.2, 0.25) is 0 Å².